The van der Waals surface area contributed by atoms with E-state index in [1.807, 2.05) is 25.1 Å². The molecule has 2 aliphatic heterocycles. The number of nitrogens with zero attached hydrogens (tertiary/aromatic N) is 4. The van der Waals surface area contributed by atoms with E-state index < -0.39 is 5.91 Å². The molecule has 3 aliphatic rings. The van der Waals surface area contributed by atoms with E-state index in [2.05, 4.69) is 42.8 Å². The average Bonchev–Trinajstić information content (AvgIpc) is 3.56. The molecule has 3 fully saturated rings. The van der Waals surface area contributed by atoms with E-state index in [1.54, 1.807) is 0 Å². The Hall–Kier alpha value is -3.54. The van der Waals surface area contributed by atoms with E-state index in [1.165, 1.54) is 5.56 Å². The normalized spacial score (nSPS) is 20.8. The van der Waals surface area contributed by atoms with Gasteiger partial charge in [0.15, 0.2) is 17.3 Å². The quantitative estimate of drug-likeness (QED) is 0.354. The standard InChI is InChI=1S/C27H34N8O3/c1-17-14-20(34-33-17)22-25(30-21-6-11-38-16-27(21)7-8-27)32-26(23(31-22)24(28)36)29-19-4-2-18(3-5-19)15-35-9-12-37-13-10-35/h2-5,14,21H,6-13,15-16H2,1H3,(H2,28,36)(H,33,34)(H2,29,30,32). The van der Waals surface area contributed by atoms with Crippen molar-refractivity contribution in [3.63, 3.8) is 0 Å². The molecule has 1 amide bonds. The number of nitrogens with two attached hydrogens (primary N) is 1. The van der Waals surface area contributed by atoms with Gasteiger partial charge in [-0.15, -0.1) is 0 Å². The number of aryl methyl sites for hydroxylation is 1. The van der Waals surface area contributed by atoms with Gasteiger partial charge in [-0.1, -0.05) is 12.1 Å². The molecule has 1 unspecified atom stereocenters. The fourth-order valence-electron chi connectivity index (χ4n) is 5.29. The second-order valence-electron chi connectivity index (χ2n) is 10.5. The zero-order chi connectivity index (χ0) is 26.1. The molecule has 1 saturated carbocycles. The summed E-state index contributed by atoms with van der Waals surface area (Å²) in [7, 11) is 0. The second kappa shape index (κ2) is 10.3. The van der Waals surface area contributed by atoms with Gasteiger partial charge >= 0.3 is 0 Å². The number of nitrogens with one attached hydrogen (secondary N) is 3. The molecule has 3 aromatic rings. The summed E-state index contributed by atoms with van der Waals surface area (Å²) < 4.78 is 11.2. The lowest BCUT2D eigenvalue weighted by Gasteiger charge is -2.33. The molecule has 0 radical (unpaired) electrons. The highest BCUT2D eigenvalue weighted by Gasteiger charge is 2.51. The van der Waals surface area contributed by atoms with Crippen molar-refractivity contribution in [3.05, 3.63) is 47.3 Å². The highest BCUT2D eigenvalue weighted by atomic mass is 16.5. The van der Waals surface area contributed by atoms with Crippen molar-refractivity contribution in [1.29, 1.82) is 0 Å². The van der Waals surface area contributed by atoms with Crippen LogP contribution in [0, 0.1) is 12.3 Å². The zero-order valence-electron chi connectivity index (χ0n) is 21.6. The number of ether oxygens (including phenoxy) is 2. The van der Waals surface area contributed by atoms with Crippen LogP contribution in [-0.2, 0) is 16.0 Å². The number of benzene rings is 1. The molecule has 0 bridgehead atoms. The molecule has 11 heteroatoms. The maximum atomic E-state index is 12.5. The van der Waals surface area contributed by atoms with Gasteiger partial charge in [0.25, 0.3) is 5.91 Å². The Morgan fingerprint density at radius 2 is 1.92 bits per heavy atom. The number of carbonyl (C=O) groups excluding carboxylic acids is 1. The fraction of sp³-hybridized carbons (Fsp3) is 0.481. The van der Waals surface area contributed by atoms with Crippen LogP contribution in [0.15, 0.2) is 30.3 Å². The number of hydrogen-bond donors (Lipinski definition) is 4. The summed E-state index contributed by atoms with van der Waals surface area (Å²) >= 11 is 0. The first-order valence-electron chi connectivity index (χ1n) is 13.2. The number of carbonyl (C=O) groups is 1. The predicted octanol–water partition coefficient (Wildman–Crippen LogP) is 2.83. The summed E-state index contributed by atoms with van der Waals surface area (Å²) in [5, 5.41) is 14.3. The number of rotatable bonds is 8. The number of aromatic amines is 1. The lowest BCUT2D eigenvalue weighted by molar-refractivity contribution is 0.0342. The molecule has 6 rings (SSSR count). The van der Waals surface area contributed by atoms with Crippen LogP contribution in [0.5, 0.6) is 0 Å². The largest absolute Gasteiger partial charge is 0.381 e. The Morgan fingerprint density at radius 1 is 1.13 bits per heavy atom. The molecule has 200 valence electrons. The van der Waals surface area contributed by atoms with E-state index in [0.29, 0.717) is 29.6 Å². The second-order valence-corrected chi connectivity index (χ2v) is 10.5. The molecule has 1 aromatic carbocycles. The maximum absolute atomic E-state index is 12.5. The zero-order valence-corrected chi connectivity index (χ0v) is 21.6. The Labute approximate surface area is 221 Å². The van der Waals surface area contributed by atoms with Crippen LogP contribution in [0.1, 0.15) is 41.0 Å². The minimum Gasteiger partial charge on any atom is -0.381 e. The first-order valence-corrected chi connectivity index (χ1v) is 13.2. The number of H-pyrrole nitrogens is 1. The molecule has 11 nitrogen and oxygen atoms in total. The molecule has 1 atom stereocenters. The fourth-order valence-corrected chi connectivity index (χ4v) is 5.29. The molecule has 4 heterocycles. The highest BCUT2D eigenvalue weighted by Crippen LogP contribution is 2.52. The first-order chi connectivity index (χ1) is 18.5. The van der Waals surface area contributed by atoms with E-state index in [-0.39, 0.29) is 17.2 Å². The predicted molar refractivity (Wildman–Crippen MR) is 143 cm³/mol. The van der Waals surface area contributed by atoms with Gasteiger partial charge in [-0.25, -0.2) is 9.97 Å². The van der Waals surface area contributed by atoms with Crippen LogP contribution < -0.4 is 16.4 Å². The van der Waals surface area contributed by atoms with Crippen molar-refractivity contribution < 1.29 is 14.3 Å². The molecule has 1 aliphatic carbocycles. The van der Waals surface area contributed by atoms with Crippen molar-refractivity contribution >= 4 is 23.2 Å². The van der Waals surface area contributed by atoms with Crippen molar-refractivity contribution in [2.24, 2.45) is 11.1 Å². The lowest BCUT2D eigenvalue weighted by atomic mass is 9.92. The van der Waals surface area contributed by atoms with Gasteiger partial charge in [0.2, 0.25) is 0 Å². The first kappa shape index (κ1) is 24.8. The highest BCUT2D eigenvalue weighted by molar-refractivity contribution is 5.97. The van der Waals surface area contributed by atoms with Gasteiger partial charge in [-0.05, 0) is 49.9 Å². The van der Waals surface area contributed by atoms with Gasteiger partial charge in [-0.2, -0.15) is 5.10 Å². The number of morpholine rings is 1. The third-order valence-electron chi connectivity index (χ3n) is 7.69. The Bertz CT molecular complexity index is 1300. The van der Waals surface area contributed by atoms with E-state index >= 15 is 0 Å². The van der Waals surface area contributed by atoms with Crippen LogP contribution in [0.4, 0.5) is 17.3 Å². The number of hydrogen-bond acceptors (Lipinski definition) is 9. The number of primary amides is 1. The molecule has 2 aromatic heterocycles. The van der Waals surface area contributed by atoms with Crippen LogP contribution >= 0.6 is 0 Å². The molecule has 2 saturated heterocycles. The van der Waals surface area contributed by atoms with E-state index in [9.17, 15) is 4.79 Å². The summed E-state index contributed by atoms with van der Waals surface area (Å²) in [6.45, 7) is 7.65. The third-order valence-corrected chi connectivity index (χ3v) is 7.69. The Balaban J connectivity index is 1.30. The summed E-state index contributed by atoms with van der Waals surface area (Å²) in [6.07, 6.45) is 3.12. The van der Waals surface area contributed by atoms with Crippen LogP contribution in [-0.4, -0.2) is 76.5 Å². The van der Waals surface area contributed by atoms with Gasteiger partial charge < -0.3 is 25.8 Å². The van der Waals surface area contributed by atoms with Gasteiger partial charge in [0.05, 0.1) is 19.8 Å². The van der Waals surface area contributed by atoms with E-state index in [4.69, 9.17) is 20.2 Å². The van der Waals surface area contributed by atoms with Crippen LogP contribution in [0.3, 0.4) is 0 Å². The Morgan fingerprint density at radius 3 is 2.61 bits per heavy atom. The number of amides is 1. The van der Waals surface area contributed by atoms with Crippen molar-refractivity contribution in [1.82, 2.24) is 25.1 Å². The molecule has 38 heavy (non-hydrogen) atoms. The maximum Gasteiger partial charge on any atom is 0.271 e. The molecule has 1 spiro atoms. The average molecular weight is 519 g/mol. The van der Waals surface area contributed by atoms with E-state index in [0.717, 1.165) is 70.1 Å². The van der Waals surface area contributed by atoms with Crippen molar-refractivity contribution in [2.45, 2.75) is 38.8 Å². The topological polar surface area (TPSA) is 143 Å². The minimum atomic E-state index is -0.659. The monoisotopic (exact) mass is 518 g/mol. The van der Waals surface area contributed by atoms with Crippen LogP contribution in [0.2, 0.25) is 0 Å². The molecular weight excluding hydrogens is 484 g/mol. The summed E-state index contributed by atoms with van der Waals surface area (Å²) in [5.41, 5.74) is 9.97. The lowest BCUT2D eigenvalue weighted by Crippen LogP contribution is -2.39. The summed E-state index contributed by atoms with van der Waals surface area (Å²) in [5.74, 6) is 0.230. The smallest absolute Gasteiger partial charge is 0.271 e. The van der Waals surface area contributed by atoms with Gasteiger partial charge in [0, 0.05) is 49.1 Å². The summed E-state index contributed by atoms with van der Waals surface area (Å²) in [6, 6.07) is 10.2. The van der Waals surface area contributed by atoms with Crippen LogP contribution in [0.25, 0.3) is 11.4 Å². The molecule has 5 N–H and O–H groups in total. The molecular formula is C27H34N8O3. The number of anilines is 3. The van der Waals surface area contributed by atoms with Gasteiger partial charge in [0.1, 0.15) is 11.4 Å². The SMILES string of the molecule is Cc1cc(-c2nc(C(N)=O)c(Nc3ccc(CN4CCOCC4)cc3)nc2NC2CCOCC23CC3)n[nH]1. The number of aromatic nitrogens is 4. The van der Waals surface area contributed by atoms with Crippen molar-refractivity contribution in [3.8, 4) is 11.4 Å². The summed E-state index contributed by atoms with van der Waals surface area (Å²) in [4.78, 5) is 24.4. The minimum absolute atomic E-state index is 0.0664. The Kier molecular flexibility index (Phi) is 6.73. The third kappa shape index (κ3) is 5.22. The van der Waals surface area contributed by atoms with Gasteiger partial charge in [-0.3, -0.25) is 14.8 Å². The van der Waals surface area contributed by atoms with Crippen molar-refractivity contribution in [2.75, 3.05) is 50.2 Å².